The summed E-state index contributed by atoms with van der Waals surface area (Å²) in [6.07, 6.45) is 1.72. The Hall–Kier alpha value is -2.69. The third kappa shape index (κ3) is 2.07. The molecule has 5 heteroatoms. The molecular formula is C16H14N2O3. The van der Waals surface area contributed by atoms with Crippen LogP contribution < -0.4 is 4.74 Å². The van der Waals surface area contributed by atoms with Crippen LogP contribution in [0.2, 0.25) is 0 Å². The van der Waals surface area contributed by atoms with E-state index in [1.807, 2.05) is 19.1 Å². The summed E-state index contributed by atoms with van der Waals surface area (Å²) in [5.74, 6) is -0.0744. The molecule has 3 aromatic rings. The molecule has 2 heterocycles. The fraction of sp³-hybridized carbons (Fsp3) is 0.188. The molecule has 0 spiro atoms. The van der Waals surface area contributed by atoms with E-state index in [1.165, 1.54) is 13.8 Å². The Morgan fingerprint density at radius 2 is 1.90 bits per heavy atom. The van der Waals surface area contributed by atoms with Gasteiger partial charge in [0.05, 0.1) is 16.7 Å². The molecule has 5 nitrogen and oxygen atoms in total. The molecule has 3 rings (SSSR count). The fourth-order valence-corrected chi connectivity index (χ4v) is 2.66. The topological polar surface area (TPSA) is 61.2 Å². The second kappa shape index (κ2) is 4.70. The summed E-state index contributed by atoms with van der Waals surface area (Å²) < 4.78 is 6.72. The smallest absolute Gasteiger partial charge is 0.308 e. The predicted octanol–water partition coefficient (Wildman–Crippen LogP) is 3.08. The Bertz CT molecular complexity index is 893. The monoisotopic (exact) mass is 282 g/mol. The average molecular weight is 282 g/mol. The highest BCUT2D eigenvalue weighted by molar-refractivity contribution is 6.13. The Morgan fingerprint density at radius 1 is 1.14 bits per heavy atom. The number of hydrogen-bond donors (Lipinski definition) is 0. The number of fused-ring (bicyclic) bond motifs is 3. The normalized spacial score (nSPS) is 11.0. The molecule has 0 amide bonds. The third-order valence-corrected chi connectivity index (χ3v) is 3.41. The van der Waals surface area contributed by atoms with Crippen molar-refractivity contribution < 1.29 is 14.3 Å². The van der Waals surface area contributed by atoms with Gasteiger partial charge in [-0.25, -0.2) is 0 Å². The van der Waals surface area contributed by atoms with E-state index < -0.39 is 5.97 Å². The molecule has 0 saturated heterocycles. The van der Waals surface area contributed by atoms with E-state index in [4.69, 9.17) is 4.74 Å². The van der Waals surface area contributed by atoms with E-state index in [1.54, 1.807) is 22.9 Å². The van der Waals surface area contributed by atoms with Crippen molar-refractivity contribution in [3.05, 3.63) is 36.2 Å². The second-order valence-corrected chi connectivity index (χ2v) is 4.92. The first-order valence-corrected chi connectivity index (χ1v) is 6.58. The summed E-state index contributed by atoms with van der Waals surface area (Å²) in [7, 11) is 0. The van der Waals surface area contributed by atoms with Crippen molar-refractivity contribution in [3.63, 3.8) is 0 Å². The van der Waals surface area contributed by atoms with Gasteiger partial charge in [-0.3, -0.25) is 19.1 Å². The van der Waals surface area contributed by atoms with Crippen LogP contribution in [0.15, 0.2) is 30.5 Å². The second-order valence-electron chi connectivity index (χ2n) is 4.92. The summed E-state index contributed by atoms with van der Waals surface area (Å²) in [6, 6.07) is 7.17. The minimum Gasteiger partial charge on any atom is -0.427 e. The number of nitrogens with zero attached hydrogens (tertiary/aromatic N) is 2. The van der Waals surface area contributed by atoms with Crippen molar-refractivity contribution in [1.29, 1.82) is 0 Å². The van der Waals surface area contributed by atoms with Crippen LogP contribution in [-0.2, 0) is 4.79 Å². The number of pyridine rings is 1. The minimum absolute atomic E-state index is 0.105. The molecule has 0 radical (unpaired) electrons. The fourth-order valence-electron chi connectivity index (χ4n) is 2.66. The molecule has 2 aromatic heterocycles. The van der Waals surface area contributed by atoms with Crippen molar-refractivity contribution in [1.82, 2.24) is 9.55 Å². The maximum atomic E-state index is 12.0. The van der Waals surface area contributed by atoms with Crippen LogP contribution in [0.5, 0.6) is 5.75 Å². The molecule has 0 N–H and O–H groups in total. The van der Waals surface area contributed by atoms with Gasteiger partial charge in [0.15, 0.2) is 0 Å². The summed E-state index contributed by atoms with van der Waals surface area (Å²) in [5.41, 5.74) is 2.29. The quantitative estimate of drug-likeness (QED) is 0.508. The lowest BCUT2D eigenvalue weighted by Gasteiger charge is -2.05. The number of ether oxygens (including phenoxy) is 1. The Balaban J connectivity index is 2.43. The van der Waals surface area contributed by atoms with Crippen LogP contribution in [0.3, 0.4) is 0 Å². The van der Waals surface area contributed by atoms with Gasteiger partial charge in [-0.15, -0.1) is 0 Å². The van der Waals surface area contributed by atoms with Gasteiger partial charge >= 0.3 is 5.97 Å². The van der Waals surface area contributed by atoms with Gasteiger partial charge in [-0.1, -0.05) is 0 Å². The molecular weight excluding hydrogens is 268 g/mol. The lowest BCUT2D eigenvalue weighted by atomic mass is 10.1. The van der Waals surface area contributed by atoms with E-state index in [-0.39, 0.29) is 5.91 Å². The van der Waals surface area contributed by atoms with Crippen molar-refractivity contribution in [2.45, 2.75) is 20.8 Å². The van der Waals surface area contributed by atoms with Gasteiger partial charge in [0, 0.05) is 36.9 Å². The minimum atomic E-state index is -0.391. The molecule has 0 aliphatic rings. The number of carbonyl (C=O) groups excluding carboxylic acids is 2. The predicted molar refractivity (Wildman–Crippen MR) is 79.6 cm³/mol. The molecule has 21 heavy (non-hydrogen) atoms. The van der Waals surface area contributed by atoms with Crippen LogP contribution in [0.25, 0.3) is 21.8 Å². The van der Waals surface area contributed by atoms with Crippen LogP contribution in [0.1, 0.15) is 24.3 Å². The van der Waals surface area contributed by atoms with Gasteiger partial charge in [0.25, 0.3) is 0 Å². The Morgan fingerprint density at radius 3 is 2.57 bits per heavy atom. The van der Waals surface area contributed by atoms with E-state index in [9.17, 15) is 9.59 Å². The molecule has 0 atom stereocenters. The molecule has 106 valence electrons. The zero-order valence-electron chi connectivity index (χ0n) is 12.0. The molecule has 0 bridgehead atoms. The zero-order valence-corrected chi connectivity index (χ0v) is 12.0. The Labute approximate surface area is 121 Å². The van der Waals surface area contributed by atoms with Crippen LogP contribution in [0, 0.1) is 6.92 Å². The van der Waals surface area contributed by atoms with Crippen LogP contribution >= 0.6 is 0 Å². The maximum absolute atomic E-state index is 12.0. The van der Waals surface area contributed by atoms with Gasteiger partial charge in [0.1, 0.15) is 5.75 Å². The highest BCUT2D eigenvalue weighted by Gasteiger charge is 2.16. The SMILES string of the molecule is CC(=O)Oc1ccc2c3ccnc(C)c3n(C(C)=O)c2c1. The molecule has 1 aromatic carbocycles. The van der Waals surface area contributed by atoms with Crippen molar-refractivity contribution in [2.75, 3.05) is 0 Å². The molecule has 0 saturated carbocycles. The Kier molecular flexibility index (Phi) is 2.97. The van der Waals surface area contributed by atoms with Crippen molar-refractivity contribution in [3.8, 4) is 5.75 Å². The zero-order chi connectivity index (χ0) is 15.1. The lowest BCUT2D eigenvalue weighted by molar-refractivity contribution is -0.131. The lowest BCUT2D eigenvalue weighted by Crippen LogP contribution is -2.06. The van der Waals surface area contributed by atoms with Gasteiger partial charge in [-0.05, 0) is 25.1 Å². The first-order valence-electron chi connectivity index (χ1n) is 6.58. The standard InChI is InChI=1S/C16H14N2O3/c1-9-16-14(6-7-17-9)13-5-4-12(21-11(3)20)8-15(13)18(16)10(2)19/h4-8H,1-3H3. The number of rotatable bonds is 1. The number of benzene rings is 1. The molecule has 0 aliphatic heterocycles. The van der Waals surface area contributed by atoms with Gasteiger partial charge in [-0.2, -0.15) is 0 Å². The molecule has 0 aliphatic carbocycles. The summed E-state index contributed by atoms with van der Waals surface area (Å²) in [4.78, 5) is 27.4. The van der Waals surface area contributed by atoms with Gasteiger partial charge in [0.2, 0.25) is 5.91 Å². The summed E-state index contributed by atoms with van der Waals surface area (Å²) >= 11 is 0. The highest BCUT2D eigenvalue weighted by atomic mass is 16.5. The van der Waals surface area contributed by atoms with E-state index in [0.29, 0.717) is 11.3 Å². The van der Waals surface area contributed by atoms with E-state index >= 15 is 0 Å². The number of esters is 1. The first kappa shape index (κ1) is 13.3. The van der Waals surface area contributed by atoms with Gasteiger partial charge < -0.3 is 4.74 Å². The summed E-state index contributed by atoms with van der Waals surface area (Å²) in [6.45, 7) is 4.72. The third-order valence-electron chi connectivity index (χ3n) is 3.41. The van der Waals surface area contributed by atoms with E-state index in [0.717, 1.165) is 22.0 Å². The molecule has 0 unspecified atom stereocenters. The average Bonchev–Trinajstić information content (AvgIpc) is 2.73. The summed E-state index contributed by atoms with van der Waals surface area (Å²) in [5, 5.41) is 1.89. The number of aryl methyl sites for hydroxylation is 1. The number of carbonyl (C=O) groups is 2. The van der Waals surface area contributed by atoms with E-state index in [2.05, 4.69) is 4.98 Å². The number of hydrogen-bond acceptors (Lipinski definition) is 4. The maximum Gasteiger partial charge on any atom is 0.308 e. The highest BCUT2D eigenvalue weighted by Crippen LogP contribution is 2.32. The first-order chi connectivity index (χ1) is 9.99. The van der Waals surface area contributed by atoms with Crippen LogP contribution in [0.4, 0.5) is 0 Å². The van der Waals surface area contributed by atoms with Crippen molar-refractivity contribution in [2.24, 2.45) is 0 Å². The largest absolute Gasteiger partial charge is 0.427 e. The number of aromatic nitrogens is 2. The van der Waals surface area contributed by atoms with Crippen molar-refractivity contribution >= 4 is 33.7 Å². The molecule has 0 fully saturated rings. The van der Waals surface area contributed by atoms with Crippen LogP contribution in [-0.4, -0.2) is 21.4 Å².